The number of rotatable bonds is 3. The second-order valence-electron chi connectivity index (χ2n) is 5.35. The zero-order chi connectivity index (χ0) is 11.5. The Morgan fingerprint density at radius 3 is 2.27 bits per heavy atom. The van der Waals surface area contributed by atoms with Crippen molar-refractivity contribution < 1.29 is 4.79 Å². The summed E-state index contributed by atoms with van der Waals surface area (Å²) in [5.41, 5.74) is 0.537. The van der Waals surface area contributed by atoms with Gasteiger partial charge in [-0.05, 0) is 37.0 Å². The third kappa shape index (κ3) is 2.96. The van der Waals surface area contributed by atoms with E-state index in [2.05, 4.69) is 26.1 Å². The Morgan fingerprint density at radius 1 is 1.40 bits per heavy atom. The van der Waals surface area contributed by atoms with Crippen molar-refractivity contribution in [3.63, 3.8) is 0 Å². The van der Waals surface area contributed by atoms with Crippen molar-refractivity contribution in [3.05, 3.63) is 0 Å². The van der Waals surface area contributed by atoms with Crippen molar-refractivity contribution in [3.8, 4) is 0 Å². The lowest BCUT2D eigenvalue weighted by Crippen LogP contribution is -2.41. The summed E-state index contributed by atoms with van der Waals surface area (Å²) >= 11 is 0. The lowest BCUT2D eigenvalue weighted by Gasteiger charge is -2.43. The van der Waals surface area contributed by atoms with Crippen molar-refractivity contribution in [2.45, 2.75) is 65.8 Å². The lowest BCUT2D eigenvalue weighted by molar-refractivity contribution is -0.120. The molecule has 1 rings (SSSR count). The zero-order valence-corrected chi connectivity index (χ0v) is 10.6. The van der Waals surface area contributed by atoms with E-state index in [0.29, 0.717) is 11.5 Å². The molecule has 0 unspecified atom stereocenters. The number of nitrogens with one attached hydrogen (secondary N) is 1. The fraction of sp³-hybridized carbons (Fsp3) is 0.923. The van der Waals surface area contributed by atoms with E-state index in [1.54, 1.807) is 6.92 Å². The summed E-state index contributed by atoms with van der Waals surface area (Å²) in [6, 6.07) is 0.431. The average molecular weight is 211 g/mol. The molecule has 1 amide bonds. The van der Waals surface area contributed by atoms with Crippen LogP contribution in [0.15, 0.2) is 0 Å². The first-order chi connectivity index (χ1) is 7.00. The van der Waals surface area contributed by atoms with E-state index in [1.807, 2.05) is 0 Å². The van der Waals surface area contributed by atoms with Crippen LogP contribution in [0.2, 0.25) is 0 Å². The summed E-state index contributed by atoms with van der Waals surface area (Å²) < 4.78 is 0. The Kier molecular flexibility index (Phi) is 4.18. The minimum atomic E-state index is 0.119. The topological polar surface area (TPSA) is 29.1 Å². The SMILES string of the molecule is CCC1(C(C)C)CCC(NC(C)=O)CC1. The molecular formula is C13H25NO. The predicted octanol–water partition coefficient (Wildman–Crippen LogP) is 3.12. The summed E-state index contributed by atoms with van der Waals surface area (Å²) in [6.45, 7) is 8.59. The molecule has 1 saturated carbocycles. The normalized spacial score (nSPS) is 31.7. The Balaban J connectivity index is 2.49. The van der Waals surface area contributed by atoms with E-state index in [-0.39, 0.29) is 5.91 Å². The van der Waals surface area contributed by atoms with Crippen LogP contribution in [0.3, 0.4) is 0 Å². The summed E-state index contributed by atoms with van der Waals surface area (Å²) in [5, 5.41) is 3.04. The van der Waals surface area contributed by atoms with Crippen molar-refractivity contribution >= 4 is 5.91 Å². The van der Waals surface area contributed by atoms with Crippen LogP contribution in [0.1, 0.15) is 59.8 Å². The highest BCUT2D eigenvalue weighted by molar-refractivity contribution is 5.73. The first kappa shape index (κ1) is 12.5. The molecule has 0 aromatic carbocycles. The van der Waals surface area contributed by atoms with Crippen molar-refractivity contribution in [1.29, 1.82) is 0 Å². The average Bonchev–Trinajstić information content (AvgIpc) is 2.18. The molecule has 0 spiro atoms. The highest BCUT2D eigenvalue weighted by Gasteiger charge is 2.36. The summed E-state index contributed by atoms with van der Waals surface area (Å²) in [5.74, 6) is 0.884. The van der Waals surface area contributed by atoms with Crippen molar-refractivity contribution in [2.24, 2.45) is 11.3 Å². The molecule has 1 aliphatic rings. The van der Waals surface area contributed by atoms with E-state index >= 15 is 0 Å². The third-order valence-corrected chi connectivity index (χ3v) is 4.32. The van der Waals surface area contributed by atoms with Crippen molar-refractivity contribution in [2.75, 3.05) is 0 Å². The Hall–Kier alpha value is -0.530. The van der Waals surface area contributed by atoms with Crippen LogP contribution in [-0.4, -0.2) is 11.9 Å². The molecule has 0 atom stereocenters. The molecule has 0 radical (unpaired) electrons. The molecule has 1 aliphatic carbocycles. The maximum atomic E-state index is 11.0. The second kappa shape index (κ2) is 5.00. The Bertz CT molecular complexity index is 215. The number of hydrogen-bond acceptors (Lipinski definition) is 1. The smallest absolute Gasteiger partial charge is 0.217 e. The standard InChI is InChI=1S/C13H25NO/c1-5-13(10(2)3)8-6-12(7-9-13)14-11(4)15/h10,12H,5-9H2,1-4H3,(H,14,15). The van der Waals surface area contributed by atoms with Crippen LogP contribution in [0.25, 0.3) is 0 Å². The fourth-order valence-electron chi connectivity index (χ4n) is 2.96. The number of amides is 1. The molecule has 1 N–H and O–H groups in total. The first-order valence-electron chi connectivity index (χ1n) is 6.27. The third-order valence-electron chi connectivity index (χ3n) is 4.32. The van der Waals surface area contributed by atoms with Gasteiger partial charge >= 0.3 is 0 Å². The minimum absolute atomic E-state index is 0.119. The van der Waals surface area contributed by atoms with Gasteiger partial charge in [0.2, 0.25) is 5.91 Å². The summed E-state index contributed by atoms with van der Waals surface area (Å²) in [4.78, 5) is 11.0. The van der Waals surface area contributed by atoms with E-state index in [1.165, 1.54) is 19.3 Å². The van der Waals surface area contributed by atoms with Crippen molar-refractivity contribution in [1.82, 2.24) is 5.32 Å². The number of hydrogen-bond donors (Lipinski definition) is 1. The van der Waals surface area contributed by atoms with Crippen LogP contribution in [-0.2, 0) is 4.79 Å². The summed E-state index contributed by atoms with van der Waals surface area (Å²) in [6.07, 6.45) is 6.13. The van der Waals surface area contributed by atoms with Gasteiger partial charge in [-0.2, -0.15) is 0 Å². The van der Waals surface area contributed by atoms with Gasteiger partial charge in [0, 0.05) is 13.0 Å². The van der Waals surface area contributed by atoms with Crippen LogP contribution >= 0.6 is 0 Å². The van der Waals surface area contributed by atoms with E-state index in [9.17, 15) is 4.79 Å². The summed E-state index contributed by atoms with van der Waals surface area (Å²) in [7, 11) is 0. The largest absolute Gasteiger partial charge is 0.354 e. The highest BCUT2D eigenvalue weighted by atomic mass is 16.1. The predicted molar refractivity (Wildman–Crippen MR) is 63.6 cm³/mol. The molecule has 15 heavy (non-hydrogen) atoms. The van der Waals surface area contributed by atoms with Gasteiger partial charge in [0.25, 0.3) is 0 Å². The van der Waals surface area contributed by atoms with Crippen LogP contribution in [0.4, 0.5) is 0 Å². The Morgan fingerprint density at radius 2 is 1.93 bits per heavy atom. The van der Waals surface area contributed by atoms with Gasteiger partial charge in [0.05, 0.1) is 0 Å². The van der Waals surface area contributed by atoms with Crippen LogP contribution in [0, 0.1) is 11.3 Å². The fourth-order valence-corrected chi connectivity index (χ4v) is 2.96. The molecule has 88 valence electrons. The van der Waals surface area contributed by atoms with Gasteiger partial charge in [-0.1, -0.05) is 27.2 Å². The molecule has 0 saturated heterocycles. The van der Waals surface area contributed by atoms with Gasteiger partial charge in [-0.3, -0.25) is 4.79 Å². The molecule has 1 fully saturated rings. The first-order valence-corrected chi connectivity index (χ1v) is 6.27. The molecule has 0 aromatic heterocycles. The van der Waals surface area contributed by atoms with Gasteiger partial charge in [0.15, 0.2) is 0 Å². The number of carbonyl (C=O) groups is 1. The van der Waals surface area contributed by atoms with E-state index in [4.69, 9.17) is 0 Å². The zero-order valence-electron chi connectivity index (χ0n) is 10.6. The van der Waals surface area contributed by atoms with E-state index < -0.39 is 0 Å². The van der Waals surface area contributed by atoms with Gasteiger partial charge in [-0.25, -0.2) is 0 Å². The number of carbonyl (C=O) groups excluding carboxylic acids is 1. The highest BCUT2D eigenvalue weighted by Crippen LogP contribution is 2.44. The van der Waals surface area contributed by atoms with Gasteiger partial charge in [-0.15, -0.1) is 0 Å². The molecule has 2 nitrogen and oxygen atoms in total. The molecule has 0 aromatic rings. The molecule has 0 bridgehead atoms. The lowest BCUT2D eigenvalue weighted by atomic mass is 9.64. The quantitative estimate of drug-likeness (QED) is 0.763. The Labute approximate surface area is 93.8 Å². The van der Waals surface area contributed by atoms with Gasteiger partial charge < -0.3 is 5.32 Å². The molecule has 2 heteroatoms. The maximum absolute atomic E-state index is 11.0. The maximum Gasteiger partial charge on any atom is 0.217 e. The molecule has 0 aliphatic heterocycles. The van der Waals surface area contributed by atoms with Gasteiger partial charge in [0.1, 0.15) is 0 Å². The molecule has 0 heterocycles. The minimum Gasteiger partial charge on any atom is -0.354 e. The molecular weight excluding hydrogens is 186 g/mol. The van der Waals surface area contributed by atoms with E-state index in [0.717, 1.165) is 18.8 Å². The monoisotopic (exact) mass is 211 g/mol. The van der Waals surface area contributed by atoms with Crippen LogP contribution < -0.4 is 5.32 Å². The van der Waals surface area contributed by atoms with Crippen LogP contribution in [0.5, 0.6) is 0 Å². The second-order valence-corrected chi connectivity index (χ2v) is 5.35.